The number of hydrogen-bond acceptors (Lipinski definition) is 2. The van der Waals surface area contributed by atoms with Gasteiger partial charge in [0.05, 0.1) is 17.3 Å². The SMILES string of the molecule is CNC(c1ccc(C)c(C)c1)c1nn(C)c2ccccc12. The van der Waals surface area contributed by atoms with E-state index in [1.807, 2.05) is 18.8 Å². The summed E-state index contributed by atoms with van der Waals surface area (Å²) in [5.41, 5.74) is 6.13. The molecule has 0 radical (unpaired) electrons. The van der Waals surface area contributed by atoms with Gasteiger partial charge in [0.15, 0.2) is 0 Å². The molecule has 0 amide bonds. The second-order valence-corrected chi connectivity index (χ2v) is 5.59. The van der Waals surface area contributed by atoms with E-state index >= 15 is 0 Å². The lowest BCUT2D eigenvalue weighted by Gasteiger charge is -2.16. The summed E-state index contributed by atoms with van der Waals surface area (Å²) in [4.78, 5) is 0. The molecule has 3 aromatic rings. The van der Waals surface area contributed by atoms with E-state index in [1.54, 1.807) is 0 Å². The molecule has 0 saturated carbocycles. The Morgan fingerprint density at radius 3 is 2.52 bits per heavy atom. The van der Waals surface area contributed by atoms with Gasteiger partial charge in [0.2, 0.25) is 0 Å². The molecule has 2 aromatic carbocycles. The van der Waals surface area contributed by atoms with Crippen LogP contribution < -0.4 is 5.32 Å². The molecule has 0 aliphatic carbocycles. The van der Waals surface area contributed by atoms with E-state index in [4.69, 9.17) is 5.10 Å². The zero-order chi connectivity index (χ0) is 15.0. The average molecular weight is 279 g/mol. The van der Waals surface area contributed by atoms with Crippen molar-refractivity contribution >= 4 is 10.9 Å². The number of nitrogens with zero attached hydrogens (tertiary/aromatic N) is 2. The van der Waals surface area contributed by atoms with E-state index < -0.39 is 0 Å². The van der Waals surface area contributed by atoms with Crippen molar-refractivity contribution in [2.75, 3.05) is 7.05 Å². The van der Waals surface area contributed by atoms with Crippen molar-refractivity contribution in [3.05, 3.63) is 64.8 Å². The number of fused-ring (bicyclic) bond motifs is 1. The molecule has 1 atom stereocenters. The summed E-state index contributed by atoms with van der Waals surface area (Å²) >= 11 is 0. The third-order valence-corrected chi connectivity index (χ3v) is 4.21. The first kappa shape index (κ1) is 13.8. The largest absolute Gasteiger partial charge is 0.308 e. The fourth-order valence-electron chi connectivity index (χ4n) is 2.86. The molecule has 1 aromatic heterocycles. The fourth-order valence-corrected chi connectivity index (χ4v) is 2.86. The Morgan fingerprint density at radius 2 is 1.81 bits per heavy atom. The molecule has 3 nitrogen and oxygen atoms in total. The molecule has 1 unspecified atom stereocenters. The van der Waals surface area contributed by atoms with Crippen molar-refractivity contribution < 1.29 is 0 Å². The first-order chi connectivity index (χ1) is 10.1. The van der Waals surface area contributed by atoms with E-state index in [-0.39, 0.29) is 6.04 Å². The molecule has 0 bridgehead atoms. The molecule has 0 aliphatic heterocycles. The molecule has 1 N–H and O–H groups in total. The summed E-state index contributed by atoms with van der Waals surface area (Å²) in [5, 5.41) is 9.36. The van der Waals surface area contributed by atoms with Gasteiger partial charge >= 0.3 is 0 Å². The first-order valence-corrected chi connectivity index (χ1v) is 7.28. The molecule has 0 aliphatic rings. The van der Waals surface area contributed by atoms with Crippen molar-refractivity contribution in [2.45, 2.75) is 19.9 Å². The van der Waals surface area contributed by atoms with Crippen LogP contribution in [-0.2, 0) is 7.05 Å². The van der Waals surface area contributed by atoms with Gasteiger partial charge in [-0.05, 0) is 43.7 Å². The quantitative estimate of drug-likeness (QED) is 0.795. The van der Waals surface area contributed by atoms with Gasteiger partial charge in [0.1, 0.15) is 0 Å². The van der Waals surface area contributed by atoms with Gasteiger partial charge in [-0.3, -0.25) is 4.68 Å². The average Bonchev–Trinajstić information content (AvgIpc) is 2.82. The fraction of sp³-hybridized carbons (Fsp3) is 0.278. The lowest BCUT2D eigenvalue weighted by Crippen LogP contribution is -2.19. The van der Waals surface area contributed by atoms with Crippen LogP contribution in [-0.4, -0.2) is 16.8 Å². The van der Waals surface area contributed by atoms with E-state index in [0.29, 0.717) is 0 Å². The number of nitrogens with one attached hydrogen (secondary N) is 1. The number of benzene rings is 2. The maximum absolute atomic E-state index is 4.74. The summed E-state index contributed by atoms with van der Waals surface area (Å²) in [7, 11) is 3.99. The summed E-state index contributed by atoms with van der Waals surface area (Å²) in [6.07, 6.45) is 0. The lowest BCUT2D eigenvalue weighted by molar-refractivity contribution is 0.648. The second-order valence-electron chi connectivity index (χ2n) is 5.59. The highest BCUT2D eigenvalue weighted by atomic mass is 15.3. The molecular formula is C18H21N3. The smallest absolute Gasteiger partial charge is 0.0917 e. The summed E-state index contributed by atoms with van der Waals surface area (Å²) in [6, 6.07) is 15.1. The third-order valence-electron chi connectivity index (χ3n) is 4.21. The van der Waals surface area contributed by atoms with E-state index in [2.05, 4.69) is 61.6 Å². The predicted molar refractivity (Wildman–Crippen MR) is 87.5 cm³/mol. The van der Waals surface area contributed by atoms with Gasteiger partial charge in [0.25, 0.3) is 0 Å². The molecular weight excluding hydrogens is 258 g/mol. The van der Waals surface area contributed by atoms with Gasteiger partial charge in [0, 0.05) is 12.4 Å². The summed E-state index contributed by atoms with van der Waals surface area (Å²) in [5.74, 6) is 0. The Morgan fingerprint density at radius 1 is 1.05 bits per heavy atom. The lowest BCUT2D eigenvalue weighted by atomic mass is 9.97. The molecule has 3 rings (SSSR count). The molecule has 0 spiro atoms. The topological polar surface area (TPSA) is 29.9 Å². The minimum atomic E-state index is 0.107. The Kier molecular flexibility index (Phi) is 3.52. The monoisotopic (exact) mass is 279 g/mol. The van der Waals surface area contributed by atoms with Crippen LogP contribution in [0.3, 0.4) is 0 Å². The number of aryl methyl sites for hydroxylation is 3. The second kappa shape index (κ2) is 5.34. The van der Waals surface area contributed by atoms with Crippen LogP contribution in [0.25, 0.3) is 10.9 Å². The number of rotatable bonds is 3. The van der Waals surface area contributed by atoms with E-state index in [1.165, 1.54) is 22.1 Å². The van der Waals surface area contributed by atoms with Crippen molar-refractivity contribution in [2.24, 2.45) is 7.05 Å². The van der Waals surface area contributed by atoms with Gasteiger partial charge in [-0.1, -0.05) is 36.4 Å². The molecule has 0 fully saturated rings. The molecule has 1 heterocycles. The van der Waals surface area contributed by atoms with Gasteiger partial charge in [-0.15, -0.1) is 0 Å². The van der Waals surface area contributed by atoms with E-state index in [0.717, 1.165) is 11.2 Å². The summed E-state index contributed by atoms with van der Waals surface area (Å²) < 4.78 is 1.95. The van der Waals surface area contributed by atoms with Crippen LogP contribution in [0.5, 0.6) is 0 Å². The zero-order valence-electron chi connectivity index (χ0n) is 13.0. The van der Waals surface area contributed by atoms with Crippen molar-refractivity contribution in [1.29, 1.82) is 0 Å². The van der Waals surface area contributed by atoms with Gasteiger partial charge in [-0.2, -0.15) is 5.10 Å². The number of hydrogen-bond donors (Lipinski definition) is 1. The highest BCUT2D eigenvalue weighted by Gasteiger charge is 2.19. The van der Waals surface area contributed by atoms with Crippen LogP contribution in [0.2, 0.25) is 0 Å². The van der Waals surface area contributed by atoms with Crippen LogP contribution in [0.4, 0.5) is 0 Å². The first-order valence-electron chi connectivity index (χ1n) is 7.28. The third kappa shape index (κ3) is 2.34. The standard InChI is InChI=1S/C18H21N3/c1-12-9-10-14(11-13(12)2)17(19-3)18-15-7-5-6-8-16(15)21(4)20-18/h5-11,17,19H,1-4H3. The van der Waals surface area contributed by atoms with E-state index in [9.17, 15) is 0 Å². The highest BCUT2D eigenvalue weighted by Crippen LogP contribution is 2.28. The zero-order valence-corrected chi connectivity index (χ0v) is 13.0. The minimum Gasteiger partial charge on any atom is -0.308 e. The van der Waals surface area contributed by atoms with Crippen LogP contribution in [0.1, 0.15) is 28.4 Å². The van der Waals surface area contributed by atoms with Crippen LogP contribution in [0, 0.1) is 13.8 Å². The summed E-state index contributed by atoms with van der Waals surface area (Å²) in [6.45, 7) is 4.30. The van der Waals surface area contributed by atoms with Crippen molar-refractivity contribution in [1.82, 2.24) is 15.1 Å². The normalized spacial score (nSPS) is 12.8. The maximum atomic E-state index is 4.74. The molecule has 0 saturated heterocycles. The van der Waals surface area contributed by atoms with Gasteiger partial charge in [-0.25, -0.2) is 0 Å². The van der Waals surface area contributed by atoms with Crippen molar-refractivity contribution in [3.8, 4) is 0 Å². The van der Waals surface area contributed by atoms with Crippen molar-refractivity contribution in [3.63, 3.8) is 0 Å². The Bertz CT molecular complexity index is 786. The minimum absolute atomic E-state index is 0.107. The Balaban J connectivity index is 2.16. The molecule has 108 valence electrons. The predicted octanol–water partition coefficient (Wildman–Crippen LogP) is 3.50. The molecule has 3 heteroatoms. The molecule has 21 heavy (non-hydrogen) atoms. The number of aromatic nitrogens is 2. The van der Waals surface area contributed by atoms with Gasteiger partial charge < -0.3 is 5.32 Å². The highest BCUT2D eigenvalue weighted by molar-refractivity contribution is 5.82. The van der Waals surface area contributed by atoms with Crippen LogP contribution in [0.15, 0.2) is 42.5 Å². The maximum Gasteiger partial charge on any atom is 0.0917 e. The number of para-hydroxylation sites is 1. The Hall–Kier alpha value is -2.13. The van der Waals surface area contributed by atoms with Crippen LogP contribution >= 0.6 is 0 Å². The Labute approximate surface area is 125 Å².